The quantitative estimate of drug-likeness (QED) is 0.472. The number of hydrogen-bond acceptors (Lipinski definition) is 3. The van der Waals surface area contributed by atoms with Gasteiger partial charge in [-0.2, -0.15) is 0 Å². The summed E-state index contributed by atoms with van der Waals surface area (Å²) in [6, 6.07) is 19.9. The molecule has 166 valence electrons. The molecule has 0 aromatic heterocycles. The summed E-state index contributed by atoms with van der Waals surface area (Å²) in [4.78, 5) is 27.1. The van der Waals surface area contributed by atoms with E-state index < -0.39 is 11.2 Å². The highest BCUT2D eigenvalue weighted by molar-refractivity contribution is 8.01. The lowest BCUT2D eigenvalue weighted by atomic mass is 9.93. The Labute approximate surface area is 197 Å². The second kappa shape index (κ2) is 8.80. The molecule has 0 fully saturated rings. The number of hydrogen-bond donors (Lipinski definition) is 1. The molecule has 0 saturated carbocycles. The van der Waals surface area contributed by atoms with Gasteiger partial charge in [0, 0.05) is 17.3 Å². The SMILES string of the molecule is CC(C)(C)CN1C(=O)C(CC(=O)O)SC(c2cccc3ccccc23)c2cc(Cl)ccc21. The van der Waals surface area contributed by atoms with Gasteiger partial charge in [0.05, 0.1) is 16.9 Å². The normalized spacial score (nSPS) is 19.0. The minimum Gasteiger partial charge on any atom is -0.481 e. The third-order valence-corrected chi connectivity index (χ3v) is 7.21. The van der Waals surface area contributed by atoms with Crippen LogP contribution in [0.5, 0.6) is 0 Å². The number of nitrogens with zero attached hydrogens (tertiary/aromatic N) is 1. The van der Waals surface area contributed by atoms with Crippen molar-refractivity contribution >= 4 is 51.7 Å². The Morgan fingerprint density at radius 1 is 1.06 bits per heavy atom. The number of carboxylic acid groups (broad SMARTS) is 1. The van der Waals surface area contributed by atoms with Crippen LogP contribution in [0.25, 0.3) is 10.8 Å². The zero-order valence-corrected chi connectivity index (χ0v) is 19.9. The fourth-order valence-electron chi connectivity index (χ4n) is 4.22. The van der Waals surface area contributed by atoms with Gasteiger partial charge in [-0.05, 0) is 45.5 Å². The molecule has 1 heterocycles. The monoisotopic (exact) mass is 467 g/mol. The molecule has 0 spiro atoms. The minimum absolute atomic E-state index is 0.162. The van der Waals surface area contributed by atoms with Crippen LogP contribution < -0.4 is 4.90 Å². The zero-order valence-electron chi connectivity index (χ0n) is 18.3. The summed E-state index contributed by atoms with van der Waals surface area (Å²) in [6.07, 6.45) is -0.229. The summed E-state index contributed by atoms with van der Waals surface area (Å²) >= 11 is 7.84. The molecule has 0 saturated heterocycles. The maximum absolute atomic E-state index is 13.7. The van der Waals surface area contributed by atoms with Gasteiger partial charge in [0.15, 0.2) is 0 Å². The molecule has 32 heavy (non-hydrogen) atoms. The number of rotatable bonds is 4. The molecule has 0 bridgehead atoms. The molecule has 1 aliphatic rings. The van der Waals surface area contributed by atoms with Gasteiger partial charge in [0.2, 0.25) is 5.91 Å². The molecule has 4 rings (SSSR count). The van der Waals surface area contributed by atoms with Crippen LogP contribution in [-0.2, 0) is 9.59 Å². The highest BCUT2D eigenvalue weighted by Crippen LogP contribution is 2.49. The topological polar surface area (TPSA) is 57.6 Å². The smallest absolute Gasteiger partial charge is 0.305 e. The number of thioether (sulfide) groups is 1. The first-order chi connectivity index (χ1) is 15.1. The van der Waals surface area contributed by atoms with Crippen LogP contribution in [0.1, 0.15) is 43.6 Å². The summed E-state index contributed by atoms with van der Waals surface area (Å²) in [5, 5.41) is 11.4. The van der Waals surface area contributed by atoms with Gasteiger partial charge >= 0.3 is 5.97 Å². The van der Waals surface area contributed by atoms with Crippen LogP contribution in [0.2, 0.25) is 5.02 Å². The van der Waals surface area contributed by atoms with Crippen LogP contribution in [0, 0.1) is 5.41 Å². The van der Waals surface area contributed by atoms with E-state index >= 15 is 0 Å². The number of halogens is 1. The van der Waals surface area contributed by atoms with Crippen LogP contribution in [-0.4, -0.2) is 28.8 Å². The van der Waals surface area contributed by atoms with Gasteiger partial charge in [0.1, 0.15) is 0 Å². The van der Waals surface area contributed by atoms with Crippen molar-refractivity contribution in [3.05, 3.63) is 76.8 Å². The maximum atomic E-state index is 13.7. The molecule has 2 atom stereocenters. The molecular formula is C26H26ClNO3S. The largest absolute Gasteiger partial charge is 0.481 e. The van der Waals surface area contributed by atoms with E-state index in [1.807, 2.05) is 30.3 Å². The van der Waals surface area contributed by atoms with Crippen molar-refractivity contribution in [2.75, 3.05) is 11.4 Å². The number of amides is 1. The lowest BCUT2D eigenvalue weighted by Crippen LogP contribution is -2.42. The Morgan fingerprint density at radius 3 is 2.50 bits per heavy atom. The molecule has 1 aliphatic heterocycles. The summed E-state index contributed by atoms with van der Waals surface area (Å²) < 4.78 is 0. The van der Waals surface area contributed by atoms with Gasteiger partial charge in [-0.25, -0.2) is 0 Å². The predicted molar refractivity (Wildman–Crippen MR) is 133 cm³/mol. The molecule has 1 amide bonds. The number of carbonyl (C=O) groups is 2. The fraction of sp³-hybridized carbons (Fsp3) is 0.308. The number of aliphatic carboxylic acids is 1. The molecule has 6 heteroatoms. The van der Waals surface area contributed by atoms with E-state index in [9.17, 15) is 14.7 Å². The lowest BCUT2D eigenvalue weighted by Gasteiger charge is -2.31. The average molecular weight is 468 g/mol. The van der Waals surface area contributed by atoms with Gasteiger partial charge in [-0.1, -0.05) is 74.8 Å². The first-order valence-corrected chi connectivity index (χ1v) is 11.9. The van der Waals surface area contributed by atoms with Crippen molar-refractivity contribution in [2.24, 2.45) is 5.41 Å². The maximum Gasteiger partial charge on any atom is 0.305 e. The van der Waals surface area contributed by atoms with Gasteiger partial charge in [0.25, 0.3) is 0 Å². The van der Waals surface area contributed by atoms with E-state index in [1.54, 1.807) is 11.0 Å². The lowest BCUT2D eigenvalue weighted by molar-refractivity contribution is -0.138. The number of benzene rings is 3. The Balaban J connectivity index is 1.96. The Kier molecular flexibility index (Phi) is 6.24. The van der Waals surface area contributed by atoms with E-state index in [0.29, 0.717) is 11.6 Å². The number of fused-ring (bicyclic) bond motifs is 2. The molecule has 3 aromatic carbocycles. The molecule has 0 radical (unpaired) electrons. The predicted octanol–water partition coefficient (Wildman–Crippen LogP) is 6.55. The molecule has 4 nitrogen and oxygen atoms in total. The highest BCUT2D eigenvalue weighted by atomic mass is 35.5. The Morgan fingerprint density at radius 2 is 1.78 bits per heavy atom. The number of anilines is 1. The van der Waals surface area contributed by atoms with E-state index in [1.165, 1.54) is 11.8 Å². The fourth-order valence-corrected chi connectivity index (χ4v) is 5.90. The molecular weight excluding hydrogens is 442 g/mol. The van der Waals surface area contributed by atoms with E-state index in [0.717, 1.165) is 27.6 Å². The van der Waals surface area contributed by atoms with Gasteiger partial charge < -0.3 is 10.0 Å². The summed E-state index contributed by atoms with van der Waals surface area (Å²) in [7, 11) is 0. The minimum atomic E-state index is -0.979. The Hall–Kier alpha value is -2.50. The van der Waals surface area contributed by atoms with Crippen LogP contribution in [0.3, 0.4) is 0 Å². The van der Waals surface area contributed by atoms with E-state index in [-0.39, 0.29) is 23.0 Å². The summed E-state index contributed by atoms with van der Waals surface area (Å²) in [5.41, 5.74) is 2.62. The van der Waals surface area contributed by atoms with Crippen molar-refractivity contribution in [1.82, 2.24) is 0 Å². The van der Waals surface area contributed by atoms with Crippen molar-refractivity contribution in [3.8, 4) is 0 Å². The molecule has 2 unspecified atom stereocenters. The Bertz CT molecular complexity index is 1180. The number of carbonyl (C=O) groups excluding carboxylic acids is 1. The average Bonchev–Trinajstić information content (AvgIpc) is 2.82. The third kappa shape index (κ3) is 4.64. The first kappa shape index (κ1) is 22.7. The molecule has 1 N–H and O–H groups in total. The summed E-state index contributed by atoms with van der Waals surface area (Å²) in [5.74, 6) is -1.15. The zero-order chi connectivity index (χ0) is 23.0. The van der Waals surface area contributed by atoms with E-state index in [4.69, 9.17) is 11.6 Å². The second-order valence-electron chi connectivity index (χ2n) is 9.36. The highest BCUT2D eigenvalue weighted by Gasteiger charge is 2.39. The van der Waals surface area contributed by atoms with Crippen LogP contribution in [0.15, 0.2) is 60.7 Å². The molecule has 0 aliphatic carbocycles. The standard InChI is InChI=1S/C26H26ClNO3S/c1-26(2,3)15-28-21-12-11-17(27)13-20(21)24(32-22(25(28)31)14-23(29)30)19-10-6-8-16-7-4-5-9-18(16)19/h4-13,22,24H,14-15H2,1-3H3,(H,29,30). The first-order valence-electron chi connectivity index (χ1n) is 10.6. The van der Waals surface area contributed by atoms with Crippen molar-refractivity contribution in [1.29, 1.82) is 0 Å². The van der Waals surface area contributed by atoms with Crippen molar-refractivity contribution < 1.29 is 14.7 Å². The second-order valence-corrected chi connectivity index (χ2v) is 11.1. The molecule has 3 aromatic rings. The van der Waals surface area contributed by atoms with Gasteiger partial charge in [-0.15, -0.1) is 11.8 Å². The number of carboxylic acids is 1. The van der Waals surface area contributed by atoms with Gasteiger partial charge in [-0.3, -0.25) is 9.59 Å². The van der Waals surface area contributed by atoms with Crippen LogP contribution >= 0.6 is 23.4 Å². The van der Waals surface area contributed by atoms with Crippen molar-refractivity contribution in [2.45, 2.75) is 37.7 Å². The van der Waals surface area contributed by atoms with Crippen LogP contribution in [0.4, 0.5) is 5.69 Å². The summed E-state index contributed by atoms with van der Waals surface area (Å²) in [6.45, 7) is 6.70. The van der Waals surface area contributed by atoms with Crippen molar-refractivity contribution in [3.63, 3.8) is 0 Å². The third-order valence-electron chi connectivity index (χ3n) is 5.50. The van der Waals surface area contributed by atoms with E-state index in [2.05, 4.69) is 45.0 Å².